The molecule has 6 nitrogen and oxygen atoms in total. The van der Waals surface area contributed by atoms with Gasteiger partial charge >= 0.3 is 5.97 Å². The second-order valence-corrected chi connectivity index (χ2v) is 4.86. The third kappa shape index (κ3) is 3.10. The zero-order chi connectivity index (χ0) is 17.1. The van der Waals surface area contributed by atoms with Crippen molar-refractivity contribution in [1.82, 2.24) is 10.2 Å². The molecule has 7 heteroatoms. The molecule has 0 atom stereocenters. The maximum atomic E-state index is 13.7. The Kier molecular flexibility index (Phi) is 4.24. The monoisotopic (exact) mass is 328 g/mol. The van der Waals surface area contributed by atoms with Crippen LogP contribution in [0.1, 0.15) is 16.2 Å². The highest BCUT2D eigenvalue weighted by atomic mass is 19.1. The first-order valence-corrected chi connectivity index (χ1v) is 7.03. The summed E-state index contributed by atoms with van der Waals surface area (Å²) >= 11 is 0. The molecule has 0 bridgehead atoms. The first kappa shape index (κ1) is 15.7. The molecule has 3 aromatic rings. The summed E-state index contributed by atoms with van der Waals surface area (Å²) in [4.78, 5) is 12.4. The van der Waals surface area contributed by atoms with E-state index in [-0.39, 0.29) is 23.0 Å². The number of carbonyl (C=O) groups excluding carboxylic acids is 1. The van der Waals surface area contributed by atoms with Crippen molar-refractivity contribution < 1.29 is 23.1 Å². The zero-order valence-electron chi connectivity index (χ0n) is 12.9. The highest BCUT2D eigenvalue weighted by Gasteiger charge is 2.18. The van der Waals surface area contributed by atoms with Gasteiger partial charge < -0.3 is 13.9 Å². The average molecular weight is 328 g/mol. The maximum absolute atomic E-state index is 13.7. The molecule has 0 aliphatic rings. The lowest BCUT2D eigenvalue weighted by Crippen LogP contribution is -2.10. The first-order chi connectivity index (χ1) is 11.6. The summed E-state index contributed by atoms with van der Waals surface area (Å²) in [5.41, 5.74) is 0.675. The minimum atomic E-state index is -0.661. The highest BCUT2D eigenvalue weighted by molar-refractivity contribution is 5.97. The number of aryl methyl sites for hydroxylation is 1. The Morgan fingerprint density at radius 1 is 1.17 bits per heavy atom. The number of hydrogen-bond acceptors (Lipinski definition) is 6. The van der Waals surface area contributed by atoms with Crippen molar-refractivity contribution in [1.29, 1.82) is 0 Å². The van der Waals surface area contributed by atoms with Gasteiger partial charge in [-0.15, -0.1) is 10.2 Å². The van der Waals surface area contributed by atoms with E-state index in [2.05, 4.69) is 10.2 Å². The molecule has 1 aromatic heterocycles. The summed E-state index contributed by atoms with van der Waals surface area (Å²) in [6.45, 7) is 1.65. The van der Waals surface area contributed by atoms with Crippen molar-refractivity contribution in [2.75, 3.05) is 7.11 Å². The fourth-order valence-corrected chi connectivity index (χ4v) is 2.13. The Labute approximate surface area is 136 Å². The van der Waals surface area contributed by atoms with Gasteiger partial charge in [0.15, 0.2) is 11.6 Å². The molecule has 1 heterocycles. The van der Waals surface area contributed by atoms with Gasteiger partial charge in [-0.2, -0.15) is 0 Å². The quantitative estimate of drug-likeness (QED) is 0.540. The summed E-state index contributed by atoms with van der Waals surface area (Å²) < 4.78 is 29.1. The Morgan fingerprint density at radius 3 is 2.62 bits per heavy atom. The number of carbonyl (C=O) groups is 1. The number of hydrogen-bond donors (Lipinski definition) is 0. The summed E-state index contributed by atoms with van der Waals surface area (Å²) in [6.07, 6.45) is 0. The Balaban J connectivity index is 1.89. The van der Waals surface area contributed by atoms with Gasteiger partial charge in [0.1, 0.15) is 5.75 Å². The average Bonchev–Trinajstić information content (AvgIpc) is 3.01. The number of ether oxygens (including phenoxy) is 2. The highest BCUT2D eigenvalue weighted by Crippen LogP contribution is 2.26. The molecule has 2 aromatic carbocycles. The van der Waals surface area contributed by atoms with Crippen molar-refractivity contribution in [2.45, 2.75) is 6.92 Å². The van der Waals surface area contributed by atoms with Gasteiger partial charge in [-0.3, -0.25) is 0 Å². The van der Waals surface area contributed by atoms with E-state index in [4.69, 9.17) is 13.9 Å². The molecule has 0 saturated heterocycles. The van der Waals surface area contributed by atoms with E-state index in [9.17, 15) is 9.18 Å². The minimum absolute atomic E-state index is 0.0646. The standard InChI is InChI=1S/C17H13FN2O4/c1-10-19-20-16(23-10)12-5-3-4-6-13(12)17(21)24-11-7-8-15(22-2)14(18)9-11/h3-9H,1-2H3. The van der Waals surface area contributed by atoms with Crippen LogP contribution < -0.4 is 9.47 Å². The maximum Gasteiger partial charge on any atom is 0.344 e. The molecule has 0 saturated carbocycles. The van der Waals surface area contributed by atoms with Gasteiger partial charge in [0, 0.05) is 13.0 Å². The molecule has 0 radical (unpaired) electrons. The van der Waals surface area contributed by atoms with Crippen LogP contribution >= 0.6 is 0 Å². The van der Waals surface area contributed by atoms with Crippen molar-refractivity contribution in [3.8, 4) is 23.0 Å². The van der Waals surface area contributed by atoms with Crippen LogP contribution in [-0.2, 0) is 0 Å². The van der Waals surface area contributed by atoms with Crippen LogP contribution in [0.5, 0.6) is 11.5 Å². The number of benzene rings is 2. The predicted molar refractivity (Wildman–Crippen MR) is 82.4 cm³/mol. The van der Waals surface area contributed by atoms with Crippen LogP contribution in [0.25, 0.3) is 11.5 Å². The lowest BCUT2D eigenvalue weighted by atomic mass is 10.1. The van der Waals surface area contributed by atoms with Gasteiger partial charge in [-0.25, -0.2) is 9.18 Å². The molecule has 0 spiro atoms. The van der Waals surface area contributed by atoms with E-state index in [0.29, 0.717) is 11.5 Å². The number of esters is 1. The SMILES string of the molecule is COc1ccc(OC(=O)c2ccccc2-c2nnc(C)o2)cc1F. The molecule has 0 N–H and O–H groups in total. The second kappa shape index (κ2) is 6.49. The Morgan fingerprint density at radius 2 is 1.96 bits per heavy atom. The van der Waals surface area contributed by atoms with Gasteiger partial charge in [0.05, 0.1) is 18.2 Å². The molecule has 24 heavy (non-hydrogen) atoms. The Bertz CT molecular complexity index is 892. The number of aromatic nitrogens is 2. The van der Waals surface area contributed by atoms with E-state index >= 15 is 0 Å². The summed E-state index contributed by atoms with van der Waals surface area (Å²) in [7, 11) is 1.35. The fraction of sp³-hybridized carbons (Fsp3) is 0.118. The lowest BCUT2D eigenvalue weighted by molar-refractivity contribution is 0.0734. The molecule has 0 amide bonds. The van der Waals surface area contributed by atoms with Crippen LogP contribution in [0.15, 0.2) is 46.9 Å². The molecule has 0 fully saturated rings. The van der Waals surface area contributed by atoms with E-state index in [1.54, 1.807) is 31.2 Å². The third-order valence-corrected chi connectivity index (χ3v) is 3.24. The van der Waals surface area contributed by atoms with Crippen LogP contribution in [-0.4, -0.2) is 23.3 Å². The molecule has 0 aliphatic heterocycles. The summed E-state index contributed by atoms with van der Waals surface area (Å²) in [6, 6.07) is 10.5. The summed E-state index contributed by atoms with van der Waals surface area (Å²) in [5, 5.41) is 7.65. The second-order valence-electron chi connectivity index (χ2n) is 4.86. The van der Waals surface area contributed by atoms with E-state index in [0.717, 1.165) is 6.07 Å². The summed E-state index contributed by atoms with van der Waals surface area (Å²) in [5.74, 6) is -0.563. The van der Waals surface area contributed by atoms with Gasteiger partial charge in [-0.1, -0.05) is 12.1 Å². The van der Waals surface area contributed by atoms with Crippen molar-refractivity contribution in [3.63, 3.8) is 0 Å². The van der Waals surface area contributed by atoms with Crippen LogP contribution in [0.4, 0.5) is 4.39 Å². The molecule has 0 aliphatic carbocycles. The molecule has 0 unspecified atom stereocenters. The zero-order valence-corrected chi connectivity index (χ0v) is 12.9. The van der Waals surface area contributed by atoms with Crippen molar-refractivity contribution in [2.24, 2.45) is 0 Å². The molecular weight excluding hydrogens is 315 g/mol. The number of methoxy groups -OCH3 is 1. The number of nitrogens with zero attached hydrogens (tertiary/aromatic N) is 2. The van der Waals surface area contributed by atoms with Crippen LogP contribution in [0.3, 0.4) is 0 Å². The fourth-order valence-electron chi connectivity index (χ4n) is 2.13. The van der Waals surface area contributed by atoms with E-state index in [1.165, 1.54) is 19.2 Å². The largest absolute Gasteiger partial charge is 0.494 e. The van der Waals surface area contributed by atoms with Crippen molar-refractivity contribution in [3.05, 3.63) is 59.7 Å². The lowest BCUT2D eigenvalue weighted by Gasteiger charge is -2.08. The first-order valence-electron chi connectivity index (χ1n) is 7.03. The molecular formula is C17H13FN2O4. The normalized spacial score (nSPS) is 10.5. The Hall–Kier alpha value is -3.22. The smallest absolute Gasteiger partial charge is 0.344 e. The number of halogens is 1. The van der Waals surface area contributed by atoms with Gasteiger partial charge in [-0.05, 0) is 24.3 Å². The predicted octanol–water partition coefficient (Wildman–Crippen LogP) is 3.41. The molecule has 3 rings (SSSR count). The van der Waals surface area contributed by atoms with Gasteiger partial charge in [0.2, 0.25) is 11.8 Å². The van der Waals surface area contributed by atoms with E-state index < -0.39 is 11.8 Å². The van der Waals surface area contributed by atoms with Crippen LogP contribution in [0.2, 0.25) is 0 Å². The van der Waals surface area contributed by atoms with Crippen LogP contribution in [0, 0.1) is 12.7 Å². The van der Waals surface area contributed by atoms with Crippen molar-refractivity contribution >= 4 is 5.97 Å². The third-order valence-electron chi connectivity index (χ3n) is 3.24. The minimum Gasteiger partial charge on any atom is -0.494 e. The van der Waals surface area contributed by atoms with E-state index in [1.807, 2.05) is 0 Å². The topological polar surface area (TPSA) is 74.5 Å². The molecule has 122 valence electrons. The van der Waals surface area contributed by atoms with Gasteiger partial charge in [0.25, 0.3) is 0 Å². The number of rotatable bonds is 4.